The van der Waals surface area contributed by atoms with E-state index in [-0.39, 0.29) is 17.1 Å². The van der Waals surface area contributed by atoms with Crippen molar-refractivity contribution in [2.24, 2.45) is 0 Å². The Kier molecular flexibility index (Phi) is 9.76. The molecule has 35 heavy (non-hydrogen) atoms. The number of aryl methyl sites for hydroxylation is 1. The maximum Gasteiger partial charge on any atom is 0.212 e. The number of aromatic nitrogens is 3. The van der Waals surface area contributed by atoms with Gasteiger partial charge in [0, 0.05) is 6.07 Å². The first-order valence-electron chi connectivity index (χ1n) is 11.9. The van der Waals surface area contributed by atoms with Crippen LogP contribution in [0.1, 0.15) is 44.1 Å². The Morgan fingerprint density at radius 2 is 1.89 bits per heavy atom. The Bertz CT molecular complexity index is 1170. The summed E-state index contributed by atoms with van der Waals surface area (Å²) >= 11 is 0. The van der Waals surface area contributed by atoms with Gasteiger partial charge in [-0.2, -0.15) is 5.10 Å². The fourth-order valence-corrected chi connectivity index (χ4v) is 5.15. The normalized spacial score (nSPS) is 12.7. The van der Waals surface area contributed by atoms with Gasteiger partial charge in [0.05, 0.1) is 24.5 Å². The number of hydrogen-bond donors (Lipinski definition) is 2. The molecule has 8 nitrogen and oxygen atoms in total. The van der Waals surface area contributed by atoms with Crippen LogP contribution in [0.15, 0.2) is 48.5 Å². The van der Waals surface area contributed by atoms with Crippen LogP contribution < -0.4 is 9.46 Å². The third kappa shape index (κ3) is 7.84. The molecule has 1 heterocycles. The van der Waals surface area contributed by atoms with E-state index in [1.165, 1.54) is 19.2 Å². The number of halogens is 1. The molecule has 0 saturated carbocycles. The van der Waals surface area contributed by atoms with Crippen molar-refractivity contribution in [1.82, 2.24) is 24.8 Å². The van der Waals surface area contributed by atoms with Crippen molar-refractivity contribution >= 4 is 10.0 Å². The van der Waals surface area contributed by atoms with E-state index >= 15 is 0 Å². The van der Waals surface area contributed by atoms with Crippen LogP contribution in [-0.4, -0.2) is 61.0 Å². The number of methoxy groups -OCH3 is 1. The smallest absolute Gasteiger partial charge is 0.212 e. The van der Waals surface area contributed by atoms with Crippen molar-refractivity contribution in [2.75, 3.05) is 32.5 Å². The number of rotatable bonds is 14. The van der Waals surface area contributed by atoms with Gasteiger partial charge in [-0.25, -0.2) is 22.5 Å². The van der Waals surface area contributed by atoms with Crippen molar-refractivity contribution in [3.63, 3.8) is 0 Å². The van der Waals surface area contributed by atoms with E-state index in [1.54, 1.807) is 6.07 Å². The molecule has 3 aromatic rings. The van der Waals surface area contributed by atoms with Gasteiger partial charge in [-0.05, 0) is 56.6 Å². The molecule has 0 spiro atoms. The molecule has 0 aliphatic rings. The average molecular weight is 504 g/mol. The number of ether oxygens (including phenoxy) is 1. The fourth-order valence-electron chi connectivity index (χ4n) is 3.86. The molecule has 0 saturated heterocycles. The Balaban J connectivity index is 1.78. The third-order valence-electron chi connectivity index (χ3n) is 5.92. The van der Waals surface area contributed by atoms with E-state index in [0.29, 0.717) is 37.4 Å². The summed E-state index contributed by atoms with van der Waals surface area (Å²) in [5, 5.41) is 6.98. The molecule has 0 fully saturated rings. The lowest BCUT2D eigenvalue weighted by Gasteiger charge is -2.19. The first-order valence-corrected chi connectivity index (χ1v) is 13.5. The molecular formula is C25H34FN5O3S. The molecule has 2 aromatic carbocycles. The molecule has 0 radical (unpaired) electrons. The van der Waals surface area contributed by atoms with E-state index < -0.39 is 21.9 Å². The third-order valence-corrected chi connectivity index (χ3v) is 7.39. The highest BCUT2D eigenvalue weighted by Crippen LogP contribution is 2.25. The summed E-state index contributed by atoms with van der Waals surface area (Å²) in [6.45, 7) is 6.59. The summed E-state index contributed by atoms with van der Waals surface area (Å²) < 4.78 is 48.2. The minimum Gasteiger partial charge on any atom is -0.497 e. The van der Waals surface area contributed by atoms with Crippen LogP contribution in [0.4, 0.5) is 4.39 Å². The summed E-state index contributed by atoms with van der Waals surface area (Å²) in [5.74, 6) is 0.386. The molecule has 3 rings (SSSR count). The number of aromatic amines is 1. The number of hydrogen-bond acceptors (Lipinski definition) is 6. The SMILES string of the molecule is CCN(CC)CCCS(=O)(=O)N[C@H](CCc1ccccc1)c1nc(-c2ccc(OC)cc2F)n[nH]1. The van der Waals surface area contributed by atoms with Gasteiger partial charge in [-0.1, -0.05) is 44.2 Å². The largest absolute Gasteiger partial charge is 0.497 e. The summed E-state index contributed by atoms with van der Waals surface area (Å²) in [6.07, 6.45) is 1.64. The zero-order valence-electron chi connectivity index (χ0n) is 20.5. The lowest BCUT2D eigenvalue weighted by atomic mass is 10.1. The van der Waals surface area contributed by atoms with Crippen molar-refractivity contribution < 1.29 is 17.5 Å². The summed E-state index contributed by atoms with van der Waals surface area (Å²) in [5.41, 5.74) is 1.29. The molecule has 0 aliphatic heterocycles. The predicted molar refractivity (Wildman–Crippen MR) is 135 cm³/mol. The standard InChI is InChI=1S/C25H34FN5O3S/c1-4-31(5-2)16-9-17-35(32,33)30-23(15-12-19-10-7-6-8-11-19)25-27-24(28-29-25)21-14-13-20(34-3)18-22(21)26/h6-8,10-11,13-14,18,23,30H,4-5,9,12,15-17H2,1-3H3,(H,27,28,29)/t23-/m1/s1. The van der Waals surface area contributed by atoms with Crippen LogP contribution in [0.3, 0.4) is 0 Å². The van der Waals surface area contributed by atoms with Crippen LogP contribution in [0.5, 0.6) is 5.75 Å². The molecule has 1 aromatic heterocycles. The van der Waals surface area contributed by atoms with Crippen molar-refractivity contribution in [3.8, 4) is 17.1 Å². The minimum atomic E-state index is -3.57. The van der Waals surface area contributed by atoms with E-state index in [4.69, 9.17) is 4.74 Å². The van der Waals surface area contributed by atoms with E-state index in [9.17, 15) is 12.8 Å². The fraction of sp³-hybridized carbons (Fsp3) is 0.440. The first kappa shape index (κ1) is 26.8. The highest BCUT2D eigenvalue weighted by atomic mass is 32.2. The van der Waals surface area contributed by atoms with Gasteiger partial charge in [0.1, 0.15) is 17.4 Å². The van der Waals surface area contributed by atoms with Crippen LogP contribution in [0.2, 0.25) is 0 Å². The molecule has 1 atom stereocenters. The zero-order valence-corrected chi connectivity index (χ0v) is 21.3. The summed E-state index contributed by atoms with van der Waals surface area (Å²) in [6, 6.07) is 13.6. The Hall–Kier alpha value is -2.82. The highest BCUT2D eigenvalue weighted by Gasteiger charge is 2.24. The lowest BCUT2D eigenvalue weighted by molar-refractivity contribution is 0.304. The van der Waals surface area contributed by atoms with E-state index in [2.05, 4.69) is 38.7 Å². The monoisotopic (exact) mass is 503 g/mol. The number of sulfonamides is 1. The number of H-pyrrole nitrogens is 1. The van der Waals surface area contributed by atoms with Gasteiger partial charge in [0.15, 0.2) is 5.82 Å². The Morgan fingerprint density at radius 3 is 2.54 bits per heavy atom. The van der Waals surface area contributed by atoms with Gasteiger partial charge in [-0.3, -0.25) is 5.10 Å². The molecule has 0 aliphatic carbocycles. The number of nitrogens with zero attached hydrogens (tertiary/aromatic N) is 3. The van der Waals surface area contributed by atoms with Crippen LogP contribution in [0.25, 0.3) is 11.4 Å². The first-order chi connectivity index (χ1) is 16.8. The van der Waals surface area contributed by atoms with Crippen LogP contribution >= 0.6 is 0 Å². The maximum atomic E-state index is 14.5. The second kappa shape index (κ2) is 12.8. The molecule has 10 heteroatoms. The average Bonchev–Trinajstić information content (AvgIpc) is 3.35. The maximum absolute atomic E-state index is 14.5. The Morgan fingerprint density at radius 1 is 1.14 bits per heavy atom. The van der Waals surface area contributed by atoms with Crippen molar-refractivity contribution in [1.29, 1.82) is 0 Å². The predicted octanol–water partition coefficient (Wildman–Crippen LogP) is 3.94. The van der Waals surface area contributed by atoms with Crippen LogP contribution in [0, 0.1) is 5.82 Å². The molecule has 0 bridgehead atoms. The highest BCUT2D eigenvalue weighted by molar-refractivity contribution is 7.89. The molecule has 0 amide bonds. The van der Waals surface area contributed by atoms with Crippen molar-refractivity contribution in [3.05, 3.63) is 65.7 Å². The van der Waals surface area contributed by atoms with E-state index in [0.717, 1.165) is 18.7 Å². The molecule has 2 N–H and O–H groups in total. The zero-order chi connectivity index (χ0) is 25.3. The van der Waals surface area contributed by atoms with Gasteiger partial charge < -0.3 is 9.64 Å². The van der Waals surface area contributed by atoms with Crippen LogP contribution in [-0.2, 0) is 16.4 Å². The van der Waals surface area contributed by atoms with Gasteiger partial charge >= 0.3 is 0 Å². The minimum absolute atomic E-state index is 0.0133. The summed E-state index contributed by atoms with van der Waals surface area (Å²) in [7, 11) is -2.11. The molecule has 0 unspecified atom stereocenters. The van der Waals surface area contributed by atoms with Gasteiger partial charge in [0.25, 0.3) is 0 Å². The quantitative estimate of drug-likeness (QED) is 0.346. The Labute approximate surface area is 207 Å². The lowest BCUT2D eigenvalue weighted by Crippen LogP contribution is -2.33. The van der Waals surface area contributed by atoms with Gasteiger partial charge in [-0.15, -0.1) is 0 Å². The van der Waals surface area contributed by atoms with Gasteiger partial charge in [0.2, 0.25) is 10.0 Å². The second-order valence-corrected chi connectivity index (χ2v) is 10.2. The summed E-state index contributed by atoms with van der Waals surface area (Å²) in [4.78, 5) is 6.64. The molecule has 190 valence electrons. The topological polar surface area (TPSA) is 100 Å². The molecular weight excluding hydrogens is 469 g/mol. The van der Waals surface area contributed by atoms with Crippen molar-refractivity contribution in [2.45, 2.75) is 39.2 Å². The number of nitrogens with one attached hydrogen (secondary N) is 2. The number of benzene rings is 2. The van der Waals surface area contributed by atoms with E-state index in [1.807, 2.05) is 30.3 Å². The second-order valence-electron chi connectivity index (χ2n) is 8.28.